The largest absolute Gasteiger partial charge is 0.496 e. The average molecular weight is 269 g/mol. The monoisotopic (exact) mass is 269 g/mol. The van der Waals surface area contributed by atoms with Crippen LogP contribution < -0.4 is 4.74 Å². The summed E-state index contributed by atoms with van der Waals surface area (Å²) in [5.74, 6) is 0.739. The first-order valence-electron chi connectivity index (χ1n) is 6.11. The molecule has 3 heteroatoms. The molecule has 2 nitrogen and oxygen atoms in total. The van der Waals surface area contributed by atoms with Gasteiger partial charge in [-0.2, -0.15) is 5.26 Å². The summed E-state index contributed by atoms with van der Waals surface area (Å²) >= 11 is 1.64. The van der Waals surface area contributed by atoms with E-state index in [0.717, 1.165) is 17.1 Å². The lowest BCUT2D eigenvalue weighted by Gasteiger charge is -2.08. The molecule has 0 radical (unpaired) electrons. The number of nitrogens with zero attached hydrogens (tertiary/aromatic N) is 1. The van der Waals surface area contributed by atoms with Gasteiger partial charge >= 0.3 is 0 Å². The van der Waals surface area contributed by atoms with Crippen LogP contribution >= 0.6 is 11.8 Å². The maximum absolute atomic E-state index is 8.88. The van der Waals surface area contributed by atoms with E-state index in [1.54, 1.807) is 24.9 Å². The second-order valence-corrected chi connectivity index (χ2v) is 5.19. The fourth-order valence-electron chi connectivity index (χ4n) is 1.74. The summed E-state index contributed by atoms with van der Waals surface area (Å²) in [4.78, 5) is 2.19. The number of ether oxygens (including phenoxy) is 1. The van der Waals surface area contributed by atoms with Crippen molar-refractivity contribution in [2.45, 2.75) is 23.1 Å². The highest BCUT2D eigenvalue weighted by Crippen LogP contribution is 2.35. The van der Waals surface area contributed by atoms with Crippen molar-refractivity contribution in [3.8, 4) is 11.8 Å². The van der Waals surface area contributed by atoms with Crippen molar-refractivity contribution in [1.82, 2.24) is 0 Å². The third-order valence-electron chi connectivity index (χ3n) is 2.85. The smallest absolute Gasteiger partial charge is 0.134 e. The Morgan fingerprint density at radius 2 is 1.89 bits per heavy atom. The van der Waals surface area contributed by atoms with Gasteiger partial charge in [0, 0.05) is 4.90 Å². The topological polar surface area (TPSA) is 33.0 Å². The van der Waals surface area contributed by atoms with E-state index in [4.69, 9.17) is 10.00 Å². The van der Waals surface area contributed by atoms with Crippen molar-refractivity contribution in [2.75, 3.05) is 7.11 Å². The molecule has 0 saturated carbocycles. The van der Waals surface area contributed by atoms with Gasteiger partial charge in [0.05, 0.1) is 23.6 Å². The lowest BCUT2D eigenvalue weighted by atomic mass is 10.2. The number of hydrogen-bond acceptors (Lipinski definition) is 3. The molecule has 0 aromatic heterocycles. The fraction of sp³-hybridized carbons (Fsp3) is 0.188. The third-order valence-corrected chi connectivity index (χ3v) is 3.92. The molecule has 2 aromatic carbocycles. The molecule has 0 heterocycles. The van der Waals surface area contributed by atoms with E-state index in [9.17, 15) is 0 Å². The van der Waals surface area contributed by atoms with E-state index in [2.05, 4.69) is 37.3 Å². The maximum atomic E-state index is 8.88. The number of methoxy groups -OCH3 is 1. The minimum absolute atomic E-state index is 0.613. The minimum atomic E-state index is 0.613. The Balaban J connectivity index is 2.24. The molecule has 0 atom stereocenters. The molecule has 0 spiro atoms. The first-order valence-corrected chi connectivity index (χ1v) is 6.93. The molecule has 0 bridgehead atoms. The summed E-state index contributed by atoms with van der Waals surface area (Å²) in [5, 5.41) is 8.88. The molecule has 0 amide bonds. The van der Waals surface area contributed by atoms with Gasteiger partial charge in [-0.25, -0.2) is 0 Å². The standard InChI is InChI=1S/C16H15NOS/c1-3-12-4-7-14(8-5-12)19-16-9-6-13(11-17)10-15(16)18-2/h4-10H,3H2,1-2H3. The van der Waals surface area contributed by atoms with Gasteiger partial charge < -0.3 is 4.74 Å². The first kappa shape index (κ1) is 13.5. The lowest BCUT2D eigenvalue weighted by molar-refractivity contribution is 0.404. The number of aryl methyl sites for hydroxylation is 1. The number of benzene rings is 2. The van der Waals surface area contributed by atoms with Crippen molar-refractivity contribution >= 4 is 11.8 Å². The predicted octanol–water partition coefficient (Wildman–Crippen LogP) is 4.28. The molecule has 0 fully saturated rings. The van der Waals surface area contributed by atoms with Crippen LogP contribution in [0.3, 0.4) is 0 Å². The van der Waals surface area contributed by atoms with Crippen LogP contribution in [0.25, 0.3) is 0 Å². The van der Waals surface area contributed by atoms with Crippen molar-refractivity contribution in [3.63, 3.8) is 0 Å². The molecule has 0 N–H and O–H groups in total. The second-order valence-electron chi connectivity index (χ2n) is 4.08. The number of rotatable bonds is 4. The van der Waals surface area contributed by atoms with Crippen LogP contribution in [0.15, 0.2) is 52.3 Å². The van der Waals surface area contributed by atoms with Gasteiger partial charge in [-0.05, 0) is 42.3 Å². The van der Waals surface area contributed by atoms with Gasteiger partial charge in [0.2, 0.25) is 0 Å². The fourth-order valence-corrected chi connectivity index (χ4v) is 2.65. The normalized spacial score (nSPS) is 9.95. The summed E-state index contributed by atoms with van der Waals surface area (Å²) in [6.45, 7) is 2.14. The number of hydrogen-bond donors (Lipinski definition) is 0. The second kappa shape index (κ2) is 6.31. The summed E-state index contributed by atoms with van der Waals surface area (Å²) in [6, 6.07) is 16.1. The van der Waals surface area contributed by atoms with Crippen LogP contribution in [0, 0.1) is 11.3 Å². The summed E-state index contributed by atoms with van der Waals surface area (Å²) in [7, 11) is 1.63. The van der Waals surface area contributed by atoms with Crippen LogP contribution in [-0.2, 0) is 6.42 Å². The van der Waals surface area contributed by atoms with E-state index >= 15 is 0 Å². The van der Waals surface area contributed by atoms with Gasteiger partial charge in [-0.1, -0.05) is 30.8 Å². The minimum Gasteiger partial charge on any atom is -0.496 e. The van der Waals surface area contributed by atoms with Crippen molar-refractivity contribution in [3.05, 3.63) is 53.6 Å². The summed E-state index contributed by atoms with van der Waals surface area (Å²) < 4.78 is 5.33. The highest BCUT2D eigenvalue weighted by atomic mass is 32.2. The molecule has 0 aliphatic carbocycles. The Kier molecular flexibility index (Phi) is 4.48. The van der Waals surface area contributed by atoms with Crippen molar-refractivity contribution in [1.29, 1.82) is 5.26 Å². The lowest BCUT2D eigenvalue weighted by Crippen LogP contribution is -1.88. The Morgan fingerprint density at radius 3 is 2.47 bits per heavy atom. The number of nitriles is 1. The zero-order chi connectivity index (χ0) is 13.7. The Morgan fingerprint density at radius 1 is 1.16 bits per heavy atom. The molecular formula is C16H15NOS. The quantitative estimate of drug-likeness (QED) is 0.830. The molecule has 0 aliphatic rings. The van der Waals surface area contributed by atoms with Gasteiger partial charge in [-0.3, -0.25) is 0 Å². The van der Waals surface area contributed by atoms with E-state index < -0.39 is 0 Å². The van der Waals surface area contributed by atoms with Gasteiger partial charge in [0.15, 0.2) is 0 Å². The highest BCUT2D eigenvalue weighted by molar-refractivity contribution is 7.99. The highest BCUT2D eigenvalue weighted by Gasteiger charge is 2.06. The molecule has 96 valence electrons. The maximum Gasteiger partial charge on any atom is 0.134 e. The molecular weight excluding hydrogens is 254 g/mol. The Labute approximate surface area is 118 Å². The summed E-state index contributed by atoms with van der Waals surface area (Å²) in [5.41, 5.74) is 1.94. The van der Waals surface area contributed by atoms with Gasteiger partial charge in [0.25, 0.3) is 0 Å². The third kappa shape index (κ3) is 3.30. The SMILES string of the molecule is CCc1ccc(Sc2ccc(C#N)cc2OC)cc1. The zero-order valence-corrected chi connectivity index (χ0v) is 11.8. The zero-order valence-electron chi connectivity index (χ0n) is 11.0. The predicted molar refractivity (Wildman–Crippen MR) is 77.7 cm³/mol. The van der Waals surface area contributed by atoms with Crippen molar-refractivity contribution in [2.24, 2.45) is 0 Å². The molecule has 0 aliphatic heterocycles. The van der Waals surface area contributed by atoms with Crippen LogP contribution in [0.5, 0.6) is 5.75 Å². The van der Waals surface area contributed by atoms with Crippen molar-refractivity contribution < 1.29 is 4.74 Å². The van der Waals surface area contributed by atoms with Gasteiger partial charge in [0.1, 0.15) is 5.75 Å². The molecule has 19 heavy (non-hydrogen) atoms. The van der Waals surface area contributed by atoms with Crippen LogP contribution in [0.1, 0.15) is 18.1 Å². The average Bonchev–Trinajstić information content (AvgIpc) is 2.48. The van der Waals surface area contributed by atoms with Gasteiger partial charge in [-0.15, -0.1) is 0 Å². The van der Waals surface area contributed by atoms with E-state index in [1.807, 2.05) is 12.1 Å². The first-order chi connectivity index (χ1) is 9.26. The van der Waals surface area contributed by atoms with Crippen LogP contribution in [-0.4, -0.2) is 7.11 Å². The summed E-state index contributed by atoms with van der Waals surface area (Å²) in [6.07, 6.45) is 1.05. The van der Waals surface area contributed by atoms with E-state index in [0.29, 0.717) is 5.56 Å². The van der Waals surface area contributed by atoms with Crippen LogP contribution in [0.2, 0.25) is 0 Å². The molecule has 0 unspecified atom stereocenters. The van der Waals surface area contributed by atoms with E-state index in [-0.39, 0.29) is 0 Å². The Hall–Kier alpha value is -1.92. The van der Waals surface area contributed by atoms with E-state index in [1.165, 1.54) is 10.5 Å². The molecule has 0 saturated heterocycles. The molecule has 2 aromatic rings. The van der Waals surface area contributed by atoms with Crippen LogP contribution in [0.4, 0.5) is 0 Å². The molecule has 2 rings (SSSR count). The Bertz CT molecular complexity index is 599.